The third kappa shape index (κ3) is 6.20. The first kappa shape index (κ1) is 22.2. The van der Waals surface area contributed by atoms with E-state index in [4.69, 9.17) is 33.1 Å². The van der Waals surface area contributed by atoms with Crippen LogP contribution in [0.5, 0.6) is 0 Å². The molecule has 0 heterocycles. The summed E-state index contributed by atoms with van der Waals surface area (Å²) in [5.41, 5.74) is 1.05. The van der Waals surface area contributed by atoms with Crippen molar-refractivity contribution in [3.8, 4) is 0 Å². The van der Waals surface area contributed by atoms with Crippen LogP contribution in [0.15, 0.2) is 47.4 Å². The van der Waals surface area contributed by atoms with Crippen molar-refractivity contribution in [3.05, 3.63) is 58.1 Å². The van der Waals surface area contributed by atoms with Crippen LogP contribution in [-0.2, 0) is 30.8 Å². The zero-order valence-corrected chi connectivity index (χ0v) is 17.1. The minimum absolute atomic E-state index is 0.0104. The molecule has 2 aromatic rings. The molecule has 1 unspecified atom stereocenters. The quantitative estimate of drug-likeness (QED) is 0.636. The Hall–Kier alpha value is -2.13. The average molecular weight is 445 g/mol. The van der Waals surface area contributed by atoms with Gasteiger partial charge >= 0.3 is 5.97 Å². The van der Waals surface area contributed by atoms with Gasteiger partial charge in [-0.1, -0.05) is 41.4 Å². The van der Waals surface area contributed by atoms with Crippen LogP contribution in [0.4, 0.5) is 5.69 Å². The number of primary sulfonamides is 1. The van der Waals surface area contributed by atoms with Crippen molar-refractivity contribution in [2.45, 2.75) is 30.8 Å². The van der Waals surface area contributed by atoms with Gasteiger partial charge in [-0.25, -0.2) is 13.6 Å². The van der Waals surface area contributed by atoms with Crippen molar-refractivity contribution >= 4 is 50.8 Å². The van der Waals surface area contributed by atoms with Crippen molar-refractivity contribution in [2.24, 2.45) is 5.14 Å². The van der Waals surface area contributed by atoms with E-state index in [1.165, 1.54) is 19.1 Å². The van der Waals surface area contributed by atoms with Gasteiger partial charge in [-0.05, 0) is 43.2 Å². The normalized spacial score (nSPS) is 12.3. The lowest BCUT2D eigenvalue weighted by atomic mass is 10.1. The number of carbonyl (C=O) groups excluding carboxylic acids is 2. The number of benzene rings is 2. The Bertz CT molecular complexity index is 978. The van der Waals surface area contributed by atoms with Gasteiger partial charge < -0.3 is 10.1 Å². The predicted molar refractivity (Wildman–Crippen MR) is 107 cm³/mol. The molecule has 0 bridgehead atoms. The van der Waals surface area contributed by atoms with Gasteiger partial charge in [0.25, 0.3) is 5.91 Å². The summed E-state index contributed by atoms with van der Waals surface area (Å²) in [5.74, 6) is -1.12. The van der Waals surface area contributed by atoms with Crippen LogP contribution < -0.4 is 10.5 Å². The molecular formula is C18H18Cl2N2O5S. The number of anilines is 1. The zero-order valence-electron chi connectivity index (χ0n) is 14.8. The number of nitrogens with one attached hydrogen (secondary N) is 1. The molecule has 0 radical (unpaired) electrons. The Morgan fingerprint density at radius 3 is 2.39 bits per heavy atom. The van der Waals surface area contributed by atoms with E-state index in [1.54, 1.807) is 30.3 Å². The molecule has 10 heteroatoms. The van der Waals surface area contributed by atoms with Gasteiger partial charge in [0.2, 0.25) is 10.0 Å². The fourth-order valence-corrected chi connectivity index (χ4v) is 3.10. The lowest BCUT2D eigenvalue weighted by Gasteiger charge is -2.14. The Morgan fingerprint density at radius 2 is 1.79 bits per heavy atom. The maximum atomic E-state index is 12.2. The molecule has 0 spiro atoms. The number of halogens is 2. The number of amides is 1. The number of nitrogens with two attached hydrogens (primary N) is 1. The summed E-state index contributed by atoms with van der Waals surface area (Å²) in [6.07, 6.45) is -0.699. The summed E-state index contributed by atoms with van der Waals surface area (Å²) in [5, 5.41) is 8.06. The van der Waals surface area contributed by atoms with E-state index in [1.807, 2.05) is 0 Å². The van der Waals surface area contributed by atoms with Crippen LogP contribution in [-0.4, -0.2) is 26.4 Å². The Kier molecular flexibility index (Phi) is 7.42. The maximum absolute atomic E-state index is 12.2. The highest BCUT2D eigenvalue weighted by atomic mass is 35.5. The highest BCUT2D eigenvalue weighted by Gasteiger charge is 2.19. The van der Waals surface area contributed by atoms with Gasteiger partial charge in [0, 0.05) is 6.42 Å². The van der Waals surface area contributed by atoms with Crippen molar-refractivity contribution in [3.63, 3.8) is 0 Å². The minimum atomic E-state index is -3.76. The van der Waals surface area contributed by atoms with Crippen LogP contribution >= 0.6 is 23.2 Å². The van der Waals surface area contributed by atoms with E-state index >= 15 is 0 Å². The molecule has 0 aromatic heterocycles. The van der Waals surface area contributed by atoms with E-state index in [-0.39, 0.29) is 21.4 Å². The van der Waals surface area contributed by atoms with Crippen molar-refractivity contribution in [1.82, 2.24) is 0 Å². The molecule has 0 saturated carbocycles. The molecule has 0 saturated heterocycles. The summed E-state index contributed by atoms with van der Waals surface area (Å²) >= 11 is 11.9. The van der Waals surface area contributed by atoms with Crippen LogP contribution in [0.3, 0.4) is 0 Å². The molecule has 0 aliphatic heterocycles. The number of rotatable bonds is 7. The van der Waals surface area contributed by atoms with Crippen molar-refractivity contribution in [1.29, 1.82) is 0 Å². The Morgan fingerprint density at radius 1 is 1.14 bits per heavy atom. The number of ether oxygens (including phenoxy) is 1. The number of hydrogen-bond acceptors (Lipinski definition) is 5. The van der Waals surface area contributed by atoms with Gasteiger partial charge in [0.1, 0.15) is 0 Å². The van der Waals surface area contributed by atoms with Crippen LogP contribution in [0.25, 0.3) is 0 Å². The molecule has 0 aliphatic rings. The van der Waals surface area contributed by atoms with E-state index in [2.05, 4.69) is 5.32 Å². The third-order valence-corrected chi connectivity index (χ3v) is 5.50. The third-order valence-electron chi connectivity index (χ3n) is 3.76. The maximum Gasteiger partial charge on any atom is 0.306 e. The molecule has 1 atom stereocenters. The molecule has 28 heavy (non-hydrogen) atoms. The van der Waals surface area contributed by atoms with Crippen molar-refractivity contribution in [2.75, 3.05) is 5.32 Å². The Labute approximate surface area is 172 Å². The number of sulfonamides is 1. The molecule has 150 valence electrons. The fraction of sp³-hybridized carbons (Fsp3) is 0.222. The minimum Gasteiger partial charge on any atom is -0.453 e. The molecule has 2 rings (SSSR count). The lowest BCUT2D eigenvalue weighted by molar-refractivity contribution is -0.153. The fourth-order valence-electron chi connectivity index (χ4n) is 2.24. The Balaban J connectivity index is 1.86. The molecule has 7 nitrogen and oxygen atoms in total. The van der Waals surface area contributed by atoms with Gasteiger partial charge in [0.05, 0.1) is 20.6 Å². The van der Waals surface area contributed by atoms with Gasteiger partial charge in [-0.3, -0.25) is 9.59 Å². The molecule has 0 fully saturated rings. The summed E-state index contributed by atoms with van der Waals surface area (Å²) in [4.78, 5) is 24.1. The van der Waals surface area contributed by atoms with E-state index < -0.39 is 28.0 Å². The van der Waals surface area contributed by atoms with E-state index in [0.717, 1.165) is 5.56 Å². The monoisotopic (exact) mass is 444 g/mol. The zero-order chi connectivity index (χ0) is 20.9. The second-order valence-corrected chi connectivity index (χ2v) is 8.26. The standard InChI is InChI=1S/C18H18Cl2N2O5S/c1-11(18(24)22-15-4-2-3-14(19)17(15)20)27-16(23)10-7-12-5-8-13(9-6-12)28(21,25)26/h2-6,8-9,11H,7,10H2,1H3,(H,22,24)(H2,21,25,26). The second-order valence-electron chi connectivity index (χ2n) is 5.91. The second kappa shape index (κ2) is 9.38. The predicted octanol–water partition coefficient (Wildman–Crippen LogP) is 3.14. The van der Waals surface area contributed by atoms with Gasteiger partial charge in [-0.15, -0.1) is 0 Å². The molecule has 0 aliphatic carbocycles. The van der Waals surface area contributed by atoms with Crippen LogP contribution in [0, 0.1) is 0 Å². The van der Waals surface area contributed by atoms with Crippen LogP contribution in [0.2, 0.25) is 10.0 Å². The first-order valence-corrected chi connectivity index (χ1v) is 10.4. The van der Waals surface area contributed by atoms with Gasteiger partial charge in [-0.2, -0.15) is 0 Å². The molecule has 3 N–H and O–H groups in total. The van der Waals surface area contributed by atoms with Crippen LogP contribution in [0.1, 0.15) is 18.9 Å². The molecular weight excluding hydrogens is 427 g/mol. The first-order valence-electron chi connectivity index (χ1n) is 8.14. The largest absolute Gasteiger partial charge is 0.453 e. The SMILES string of the molecule is CC(OC(=O)CCc1ccc(S(N)(=O)=O)cc1)C(=O)Nc1cccc(Cl)c1Cl. The van der Waals surface area contributed by atoms with E-state index in [0.29, 0.717) is 12.1 Å². The highest BCUT2D eigenvalue weighted by Crippen LogP contribution is 2.29. The summed E-state index contributed by atoms with van der Waals surface area (Å²) in [6.45, 7) is 1.44. The number of esters is 1. The number of carbonyl (C=O) groups is 2. The summed E-state index contributed by atoms with van der Waals surface area (Å²) in [6, 6.07) is 10.6. The summed E-state index contributed by atoms with van der Waals surface area (Å²) in [7, 11) is -3.76. The average Bonchev–Trinajstić information content (AvgIpc) is 2.63. The molecule has 1 amide bonds. The first-order chi connectivity index (χ1) is 13.1. The summed E-state index contributed by atoms with van der Waals surface area (Å²) < 4.78 is 27.5. The van der Waals surface area contributed by atoms with Gasteiger partial charge in [0.15, 0.2) is 6.10 Å². The number of hydrogen-bond donors (Lipinski definition) is 2. The lowest BCUT2D eigenvalue weighted by Crippen LogP contribution is -2.30. The highest BCUT2D eigenvalue weighted by molar-refractivity contribution is 7.89. The smallest absolute Gasteiger partial charge is 0.306 e. The molecule has 2 aromatic carbocycles. The van der Waals surface area contributed by atoms with Crippen molar-refractivity contribution < 1.29 is 22.7 Å². The topological polar surface area (TPSA) is 116 Å². The number of aryl methyl sites for hydroxylation is 1. The van der Waals surface area contributed by atoms with E-state index in [9.17, 15) is 18.0 Å².